The summed E-state index contributed by atoms with van der Waals surface area (Å²) < 4.78 is 0. The Kier molecular flexibility index (Phi) is 2.41. The van der Waals surface area contributed by atoms with Crippen molar-refractivity contribution in [1.29, 1.82) is 0 Å². The standard InChI is InChI=1S/C10H9BClN/c11-6-7-5-10(12)13-9-4-2-1-3-8(7)9/h3-5H,1-2,6H2. The first-order chi connectivity index (χ1) is 6.31. The lowest BCUT2D eigenvalue weighted by atomic mass is 9.94. The van der Waals surface area contributed by atoms with E-state index >= 15 is 0 Å². The van der Waals surface area contributed by atoms with E-state index in [-0.39, 0.29) is 0 Å². The molecule has 2 radical (unpaired) electrons. The largest absolute Gasteiger partial charge is 0.236 e. The Hall–Kier alpha value is -0.755. The number of rotatable bonds is 1. The van der Waals surface area contributed by atoms with Gasteiger partial charge in [0, 0.05) is 0 Å². The highest BCUT2D eigenvalue weighted by Crippen LogP contribution is 2.03. The van der Waals surface area contributed by atoms with Crippen molar-refractivity contribution in [3.05, 3.63) is 27.4 Å². The van der Waals surface area contributed by atoms with Gasteiger partial charge < -0.3 is 0 Å². The van der Waals surface area contributed by atoms with Crippen LogP contribution in [-0.2, 0) is 6.32 Å². The van der Waals surface area contributed by atoms with E-state index in [1.165, 1.54) is 0 Å². The average molecular weight is 189 g/mol. The molecule has 0 aromatic carbocycles. The van der Waals surface area contributed by atoms with E-state index in [1.54, 1.807) is 0 Å². The Morgan fingerprint density at radius 2 is 2.15 bits per heavy atom. The van der Waals surface area contributed by atoms with Crippen molar-refractivity contribution in [3.8, 4) is 0 Å². The molecule has 0 saturated heterocycles. The summed E-state index contributed by atoms with van der Waals surface area (Å²) in [5.74, 6) is 0. The molecule has 2 rings (SSSR count). The number of fused-ring (bicyclic) bond motifs is 1. The molecule has 0 unspecified atom stereocenters. The lowest BCUT2D eigenvalue weighted by Gasteiger charge is -2.04. The quantitative estimate of drug-likeness (QED) is 0.469. The molecule has 1 aliphatic carbocycles. The molecule has 0 amide bonds. The Bertz CT molecular complexity index is 439. The van der Waals surface area contributed by atoms with Gasteiger partial charge in [-0.1, -0.05) is 30.1 Å². The van der Waals surface area contributed by atoms with Crippen molar-refractivity contribution < 1.29 is 0 Å². The number of aromatic nitrogens is 1. The highest BCUT2D eigenvalue weighted by atomic mass is 35.5. The van der Waals surface area contributed by atoms with Crippen LogP contribution in [0.2, 0.25) is 5.15 Å². The fraction of sp³-hybridized carbons (Fsp3) is 0.300. The second kappa shape index (κ2) is 3.55. The van der Waals surface area contributed by atoms with Gasteiger partial charge in [-0.3, -0.25) is 0 Å². The highest BCUT2D eigenvalue weighted by molar-refractivity contribution is 6.29. The second-order valence-electron chi connectivity index (χ2n) is 3.09. The Morgan fingerprint density at radius 3 is 2.92 bits per heavy atom. The molecule has 0 fully saturated rings. The van der Waals surface area contributed by atoms with Crippen LogP contribution in [0.3, 0.4) is 0 Å². The van der Waals surface area contributed by atoms with Crippen molar-refractivity contribution in [1.82, 2.24) is 4.98 Å². The fourth-order valence-electron chi connectivity index (χ4n) is 1.60. The van der Waals surface area contributed by atoms with Crippen LogP contribution in [0.5, 0.6) is 0 Å². The molecule has 0 bridgehead atoms. The number of halogens is 1. The molecular formula is C10H9BClN. The van der Waals surface area contributed by atoms with Crippen molar-refractivity contribution >= 4 is 31.6 Å². The zero-order valence-corrected chi connectivity index (χ0v) is 8.01. The topological polar surface area (TPSA) is 12.9 Å². The molecule has 1 aromatic heterocycles. The van der Waals surface area contributed by atoms with Gasteiger partial charge in [0.25, 0.3) is 0 Å². The molecule has 0 N–H and O–H groups in total. The van der Waals surface area contributed by atoms with Crippen LogP contribution in [0.15, 0.2) is 6.07 Å². The molecule has 13 heavy (non-hydrogen) atoms. The molecule has 0 saturated carbocycles. The van der Waals surface area contributed by atoms with E-state index in [9.17, 15) is 0 Å². The summed E-state index contributed by atoms with van der Waals surface area (Å²) in [6.45, 7) is 0. The summed E-state index contributed by atoms with van der Waals surface area (Å²) in [6, 6.07) is 1.84. The average Bonchev–Trinajstić information content (AvgIpc) is 2.16. The SMILES string of the molecule is [B]Cc1cc(Cl)nc2c1=CCCC=2. The lowest BCUT2D eigenvalue weighted by Crippen LogP contribution is -2.33. The summed E-state index contributed by atoms with van der Waals surface area (Å²) in [6.07, 6.45) is 6.93. The molecule has 3 heteroatoms. The van der Waals surface area contributed by atoms with Crippen LogP contribution >= 0.6 is 11.6 Å². The minimum atomic E-state index is 0.523. The molecular weight excluding hydrogens is 180 g/mol. The number of nitrogens with zero attached hydrogens (tertiary/aromatic N) is 1. The number of hydrogen-bond acceptors (Lipinski definition) is 1. The molecule has 1 aliphatic rings. The van der Waals surface area contributed by atoms with Gasteiger partial charge in [-0.25, -0.2) is 4.98 Å². The first-order valence-corrected chi connectivity index (χ1v) is 4.75. The molecule has 1 nitrogen and oxygen atoms in total. The predicted molar refractivity (Wildman–Crippen MR) is 56.1 cm³/mol. The van der Waals surface area contributed by atoms with Gasteiger partial charge in [0.1, 0.15) is 5.15 Å². The molecule has 0 spiro atoms. The summed E-state index contributed by atoms with van der Waals surface area (Å²) in [4.78, 5) is 4.25. The third-order valence-electron chi connectivity index (χ3n) is 2.22. The summed E-state index contributed by atoms with van der Waals surface area (Å²) >= 11 is 5.86. The first-order valence-electron chi connectivity index (χ1n) is 4.37. The summed E-state index contributed by atoms with van der Waals surface area (Å²) in [5, 5.41) is 2.68. The van der Waals surface area contributed by atoms with E-state index in [2.05, 4.69) is 17.1 Å². The first kappa shape index (κ1) is 8.83. The summed E-state index contributed by atoms with van der Waals surface area (Å²) in [7, 11) is 5.62. The molecule has 0 atom stereocenters. The Labute approximate surface area is 83.5 Å². The maximum atomic E-state index is 5.86. The third kappa shape index (κ3) is 1.64. The molecule has 64 valence electrons. The maximum Gasteiger partial charge on any atom is 0.130 e. The van der Waals surface area contributed by atoms with Crippen molar-refractivity contribution in [3.63, 3.8) is 0 Å². The van der Waals surface area contributed by atoms with Gasteiger partial charge in [-0.2, -0.15) is 0 Å². The Morgan fingerprint density at radius 1 is 1.38 bits per heavy atom. The number of hydrogen-bond donors (Lipinski definition) is 0. The van der Waals surface area contributed by atoms with Crippen molar-refractivity contribution in [2.75, 3.05) is 0 Å². The van der Waals surface area contributed by atoms with Crippen LogP contribution < -0.4 is 10.6 Å². The van der Waals surface area contributed by atoms with Crippen molar-refractivity contribution in [2.24, 2.45) is 0 Å². The minimum absolute atomic E-state index is 0.523. The predicted octanol–water partition coefficient (Wildman–Crippen LogP) is 0.758. The van der Waals surface area contributed by atoms with Crippen LogP contribution in [0.4, 0.5) is 0 Å². The normalized spacial score (nSPS) is 14.2. The zero-order valence-electron chi connectivity index (χ0n) is 7.26. The van der Waals surface area contributed by atoms with Gasteiger partial charge in [0.05, 0.1) is 13.2 Å². The molecule has 1 heterocycles. The second-order valence-corrected chi connectivity index (χ2v) is 3.48. The summed E-state index contributed by atoms with van der Waals surface area (Å²) in [5.41, 5.74) is 1.09. The van der Waals surface area contributed by atoms with Crippen LogP contribution in [0, 0.1) is 0 Å². The Balaban J connectivity index is 2.79. The van der Waals surface area contributed by atoms with E-state index in [0.717, 1.165) is 29.0 Å². The van der Waals surface area contributed by atoms with Gasteiger partial charge in [0.2, 0.25) is 0 Å². The van der Waals surface area contributed by atoms with E-state index in [0.29, 0.717) is 11.5 Å². The van der Waals surface area contributed by atoms with Crippen LogP contribution in [0.1, 0.15) is 18.4 Å². The van der Waals surface area contributed by atoms with E-state index < -0.39 is 0 Å². The zero-order chi connectivity index (χ0) is 9.26. The van der Waals surface area contributed by atoms with E-state index in [4.69, 9.17) is 19.4 Å². The van der Waals surface area contributed by atoms with Gasteiger partial charge in [-0.15, -0.1) is 0 Å². The van der Waals surface area contributed by atoms with Crippen LogP contribution in [0.25, 0.3) is 12.2 Å². The van der Waals surface area contributed by atoms with Crippen molar-refractivity contribution in [2.45, 2.75) is 19.2 Å². The number of pyridine rings is 1. The van der Waals surface area contributed by atoms with E-state index in [1.807, 2.05) is 6.07 Å². The van der Waals surface area contributed by atoms with Crippen LogP contribution in [-0.4, -0.2) is 12.8 Å². The van der Waals surface area contributed by atoms with Gasteiger partial charge in [0.15, 0.2) is 0 Å². The monoisotopic (exact) mass is 189 g/mol. The highest BCUT2D eigenvalue weighted by Gasteiger charge is 2.01. The third-order valence-corrected chi connectivity index (χ3v) is 2.41. The minimum Gasteiger partial charge on any atom is -0.236 e. The van der Waals surface area contributed by atoms with Gasteiger partial charge in [-0.05, 0) is 29.7 Å². The lowest BCUT2D eigenvalue weighted by molar-refractivity contribution is 1.06. The maximum absolute atomic E-state index is 5.86. The molecule has 0 aliphatic heterocycles. The smallest absolute Gasteiger partial charge is 0.130 e. The molecule has 1 aromatic rings. The van der Waals surface area contributed by atoms with Gasteiger partial charge >= 0.3 is 0 Å². The fourth-order valence-corrected chi connectivity index (χ4v) is 1.82.